The lowest BCUT2D eigenvalue weighted by molar-refractivity contribution is -0.140. The van der Waals surface area contributed by atoms with Crippen molar-refractivity contribution in [2.45, 2.75) is 24.3 Å². The van der Waals surface area contributed by atoms with Gasteiger partial charge in [0.1, 0.15) is 12.1 Å². The van der Waals surface area contributed by atoms with Crippen LogP contribution >= 0.6 is 0 Å². The minimum absolute atomic E-state index is 0.0763. The minimum atomic E-state index is -1.24. The lowest BCUT2D eigenvalue weighted by atomic mass is 9.98. The summed E-state index contributed by atoms with van der Waals surface area (Å²) >= 11 is 0. The zero-order valence-corrected chi connectivity index (χ0v) is 16.8. The molecule has 0 spiro atoms. The average molecular weight is 433 g/mol. The fourth-order valence-electron chi connectivity index (χ4n) is 3.97. The number of amides is 2. The summed E-state index contributed by atoms with van der Waals surface area (Å²) in [6, 6.07) is 17.2. The summed E-state index contributed by atoms with van der Waals surface area (Å²) in [4.78, 5) is 35.7. The highest BCUT2D eigenvalue weighted by Gasteiger charge is 2.52. The van der Waals surface area contributed by atoms with Gasteiger partial charge in [0.15, 0.2) is 5.69 Å². The number of carbonyl (C=O) groups is 3. The molecular formula is C23H19N3O6. The van der Waals surface area contributed by atoms with Gasteiger partial charge in [0.25, 0.3) is 5.91 Å². The van der Waals surface area contributed by atoms with E-state index in [-0.39, 0.29) is 24.1 Å². The number of aromatic nitrogens is 1. The van der Waals surface area contributed by atoms with Gasteiger partial charge in [-0.05, 0) is 35.1 Å². The van der Waals surface area contributed by atoms with Crippen molar-refractivity contribution in [3.63, 3.8) is 0 Å². The molecule has 1 fully saturated rings. The van der Waals surface area contributed by atoms with E-state index in [4.69, 9.17) is 14.4 Å². The van der Waals surface area contributed by atoms with Gasteiger partial charge in [0.05, 0.1) is 0 Å². The Bertz CT molecular complexity index is 1180. The van der Waals surface area contributed by atoms with Crippen LogP contribution < -0.4 is 10.6 Å². The third-order valence-corrected chi connectivity index (χ3v) is 5.82. The second kappa shape index (κ2) is 7.52. The van der Waals surface area contributed by atoms with Crippen LogP contribution in [-0.4, -0.2) is 40.4 Å². The lowest BCUT2D eigenvalue weighted by Crippen LogP contribution is -2.43. The minimum Gasteiger partial charge on any atom is -0.480 e. The fraction of sp³-hybridized carbons (Fsp3) is 0.217. The monoisotopic (exact) mass is 433 g/mol. The van der Waals surface area contributed by atoms with Gasteiger partial charge in [-0.25, -0.2) is 9.59 Å². The maximum absolute atomic E-state index is 12.3. The van der Waals surface area contributed by atoms with Gasteiger partial charge in [-0.15, -0.1) is 0 Å². The molecule has 1 aromatic heterocycles. The molecule has 0 aliphatic heterocycles. The van der Waals surface area contributed by atoms with Crippen molar-refractivity contribution < 1.29 is 28.8 Å². The Labute approximate surface area is 182 Å². The molecule has 2 amide bonds. The molecule has 1 saturated carbocycles. The van der Waals surface area contributed by atoms with E-state index in [0.717, 1.165) is 22.3 Å². The molecule has 3 aromatic rings. The molecule has 0 unspecified atom stereocenters. The Kier molecular flexibility index (Phi) is 4.66. The van der Waals surface area contributed by atoms with Gasteiger partial charge in [0.2, 0.25) is 5.88 Å². The molecule has 0 radical (unpaired) electrons. The summed E-state index contributed by atoms with van der Waals surface area (Å²) < 4.78 is 10.4. The predicted molar refractivity (Wildman–Crippen MR) is 112 cm³/mol. The van der Waals surface area contributed by atoms with Crippen molar-refractivity contribution >= 4 is 23.9 Å². The van der Waals surface area contributed by atoms with E-state index in [1.807, 2.05) is 48.5 Å². The van der Waals surface area contributed by atoms with E-state index >= 15 is 0 Å². The van der Waals surface area contributed by atoms with Crippen LogP contribution in [0.2, 0.25) is 0 Å². The number of anilines is 1. The zero-order valence-electron chi connectivity index (χ0n) is 16.8. The van der Waals surface area contributed by atoms with Crippen LogP contribution in [0.15, 0.2) is 59.1 Å². The van der Waals surface area contributed by atoms with E-state index < -0.39 is 23.5 Å². The first-order valence-electron chi connectivity index (χ1n) is 10.1. The Morgan fingerprint density at radius 2 is 1.69 bits per heavy atom. The molecular weight excluding hydrogens is 414 g/mol. The number of fused-ring (bicyclic) bond motifs is 3. The van der Waals surface area contributed by atoms with Gasteiger partial charge < -0.3 is 19.7 Å². The predicted octanol–water partition coefficient (Wildman–Crippen LogP) is 3.38. The molecule has 9 nitrogen and oxygen atoms in total. The first kappa shape index (κ1) is 19.8. The Balaban J connectivity index is 1.21. The molecule has 2 aliphatic carbocycles. The number of carbonyl (C=O) groups excluding carboxylic acids is 2. The van der Waals surface area contributed by atoms with E-state index in [0.29, 0.717) is 12.8 Å². The van der Waals surface area contributed by atoms with Gasteiger partial charge in [-0.3, -0.25) is 10.1 Å². The summed E-state index contributed by atoms with van der Waals surface area (Å²) in [6.45, 7) is 0.127. The lowest BCUT2D eigenvalue weighted by Gasteiger charge is -2.13. The maximum Gasteiger partial charge on any atom is 0.414 e. The first-order chi connectivity index (χ1) is 15.5. The second-order valence-corrected chi connectivity index (χ2v) is 7.87. The number of hydrogen-bond acceptors (Lipinski definition) is 6. The number of carboxylic acid groups (broad SMARTS) is 1. The smallest absolute Gasteiger partial charge is 0.414 e. The number of carboxylic acids is 1. The number of ether oxygens (including phenoxy) is 1. The SMILES string of the molecule is O=C(Nc1cc(C(=O)NC2(C(=O)O)CC2)no1)OCC1c2ccccc2-c2ccccc21. The Morgan fingerprint density at radius 1 is 1.06 bits per heavy atom. The van der Waals surface area contributed by atoms with Gasteiger partial charge in [0, 0.05) is 12.0 Å². The van der Waals surface area contributed by atoms with Crippen LogP contribution in [0.4, 0.5) is 10.7 Å². The van der Waals surface area contributed by atoms with Crippen molar-refractivity contribution in [2.24, 2.45) is 0 Å². The highest BCUT2D eigenvalue weighted by molar-refractivity contribution is 5.98. The summed E-state index contributed by atoms with van der Waals surface area (Å²) in [5, 5.41) is 17.6. The zero-order chi connectivity index (χ0) is 22.3. The van der Waals surface area contributed by atoms with Crippen molar-refractivity contribution in [1.29, 1.82) is 0 Å². The van der Waals surface area contributed by atoms with Gasteiger partial charge in [-0.2, -0.15) is 0 Å². The molecule has 2 aromatic carbocycles. The summed E-state index contributed by atoms with van der Waals surface area (Å²) in [7, 11) is 0. The van der Waals surface area contributed by atoms with E-state index in [9.17, 15) is 14.4 Å². The third kappa shape index (κ3) is 3.47. The molecule has 162 valence electrons. The van der Waals surface area contributed by atoms with Crippen molar-refractivity contribution in [3.8, 4) is 11.1 Å². The normalized spacial score (nSPS) is 15.4. The number of nitrogens with zero attached hydrogens (tertiary/aromatic N) is 1. The highest BCUT2D eigenvalue weighted by atomic mass is 16.6. The largest absolute Gasteiger partial charge is 0.480 e. The standard InChI is InChI=1S/C23H19N3O6/c27-20(25-23(9-10-23)21(28)29)18-11-19(32-26-18)24-22(30)31-12-17-15-7-3-1-5-13(15)14-6-2-4-8-16(14)17/h1-8,11,17H,9-10,12H2,(H,24,30)(H,25,27)(H,28,29). The fourth-order valence-corrected chi connectivity index (χ4v) is 3.97. The molecule has 2 aliphatic rings. The van der Waals surface area contributed by atoms with Crippen LogP contribution in [0, 0.1) is 0 Å². The Hall–Kier alpha value is -4.14. The van der Waals surface area contributed by atoms with Gasteiger partial charge in [-0.1, -0.05) is 53.7 Å². The number of aliphatic carboxylic acids is 1. The van der Waals surface area contributed by atoms with Crippen molar-refractivity contribution in [1.82, 2.24) is 10.5 Å². The molecule has 0 saturated heterocycles. The third-order valence-electron chi connectivity index (χ3n) is 5.82. The molecule has 3 N–H and O–H groups in total. The van der Waals surface area contributed by atoms with E-state index in [1.54, 1.807) is 0 Å². The van der Waals surface area contributed by atoms with Gasteiger partial charge >= 0.3 is 12.1 Å². The quantitative estimate of drug-likeness (QED) is 0.543. The number of benzene rings is 2. The van der Waals surface area contributed by atoms with E-state index in [2.05, 4.69) is 15.8 Å². The van der Waals surface area contributed by atoms with Crippen LogP contribution in [-0.2, 0) is 9.53 Å². The molecule has 0 atom stereocenters. The summed E-state index contributed by atoms with van der Waals surface area (Å²) in [5.41, 5.74) is 3.05. The molecule has 32 heavy (non-hydrogen) atoms. The van der Waals surface area contributed by atoms with Crippen molar-refractivity contribution in [3.05, 3.63) is 71.4 Å². The number of rotatable bonds is 6. The van der Waals surface area contributed by atoms with Crippen molar-refractivity contribution in [2.75, 3.05) is 11.9 Å². The summed E-state index contributed by atoms with van der Waals surface area (Å²) in [6.07, 6.45) is -0.0349. The maximum atomic E-state index is 12.3. The van der Waals surface area contributed by atoms with Crippen LogP contribution in [0.25, 0.3) is 11.1 Å². The molecule has 1 heterocycles. The van der Waals surface area contributed by atoms with Crippen LogP contribution in [0.5, 0.6) is 0 Å². The molecule has 5 rings (SSSR count). The number of nitrogens with one attached hydrogen (secondary N) is 2. The Morgan fingerprint density at radius 3 is 2.28 bits per heavy atom. The molecule has 0 bridgehead atoms. The highest BCUT2D eigenvalue weighted by Crippen LogP contribution is 2.44. The first-order valence-corrected chi connectivity index (χ1v) is 10.1. The van der Waals surface area contributed by atoms with Crippen LogP contribution in [0.3, 0.4) is 0 Å². The molecule has 9 heteroatoms. The van der Waals surface area contributed by atoms with E-state index in [1.165, 1.54) is 6.07 Å². The topological polar surface area (TPSA) is 131 Å². The number of hydrogen-bond donors (Lipinski definition) is 3. The second-order valence-electron chi connectivity index (χ2n) is 7.87. The summed E-state index contributed by atoms with van der Waals surface area (Å²) in [5.74, 6) is -1.94. The average Bonchev–Trinajstić information content (AvgIpc) is 3.31. The van der Waals surface area contributed by atoms with Crippen LogP contribution in [0.1, 0.15) is 40.4 Å².